The SMILES string of the molecule is CCN(CC)C(=O)c1c(O)cccc1O. The van der Waals surface area contributed by atoms with Gasteiger partial charge in [0.2, 0.25) is 0 Å². The van der Waals surface area contributed by atoms with Gasteiger partial charge in [-0.1, -0.05) is 6.07 Å². The van der Waals surface area contributed by atoms with Crippen molar-refractivity contribution < 1.29 is 15.0 Å². The summed E-state index contributed by atoms with van der Waals surface area (Å²) in [6.45, 7) is 4.78. The van der Waals surface area contributed by atoms with Crippen LogP contribution in [0.1, 0.15) is 24.2 Å². The van der Waals surface area contributed by atoms with Gasteiger partial charge in [-0.05, 0) is 26.0 Å². The summed E-state index contributed by atoms with van der Waals surface area (Å²) in [5.41, 5.74) is -0.0267. The smallest absolute Gasteiger partial charge is 0.261 e. The van der Waals surface area contributed by atoms with Crippen LogP contribution >= 0.6 is 0 Å². The number of amides is 1. The first kappa shape index (κ1) is 11.4. The van der Waals surface area contributed by atoms with Gasteiger partial charge in [0.1, 0.15) is 17.1 Å². The van der Waals surface area contributed by atoms with Crippen molar-refractivity contribution in [3.63, 3.8) is 0 Å². The molecule has 0 unspecified atom stereocenters. The maximum Gasteiger partial charge on any atom is 0.261 e. The third-order valence-corrected chi connectivity index (χ3v) is 2.28. The molecular weight excluding hydrogens is 194 g/mol. The van der Waals surface area contributed by atoms with Crippen molar-refractivity contribution in [1.29, 1.82) is 0 Å². The molecule has 82 valence electrons. The molecule has 0 atom stereocenters. The predicted octanol–water partition coefficient (Wildman–Crippen LogP) is 1.58. The van der Waals surface area contributed by atoms with Crippen LogP contribution in [0.4, 0.5) is 0 Å². The third-order valence-electron chi connectivity index (χ3n) is 2.28. The van der Waals surface area contributed by atoms with E-state index in [1.165, 1.54) is 23.1 Å². The zero-order valence-electron chi connectivity index (χ0n) is 8.90. The molecule has 1 aromatic rings. The highest BCUT2D eigenvalue weighted by Gasteiger charge is 2.19. The Labute approximate surface area is 88.8 Å². The van der Waals surface area contributed by atoms with Gasteiger partial charge < -0.3 is 15.1 Å². The van der Waals surface area contributed by atoms with Crippen LogP contribution in [0.3, 0.4) is 0 Å². The summed E-state index contributed by atoms with van der Waals surface area (Å²) < 4.78 is 0. The van der Waals surface area contributed by atoms with Crippen molar-refractivity contribution in [2.45, 2.75) is 13.8 Å². The topological polar surface area (TPSA) is 60.8 Å². The first-order valence-electron chi connectivity index (χ1n) is 4.92. The van der Waals surface area contributed by atoms with Gasteiger partial charge in [0.25, 0.3) is 5.91 Å². The van der Waals surface area contributed by atoms with E-state index in [1.807, 2.05) is 13.8 Å². The quantitative estimate of drug-likeness (QED) is 0.794. The molecule has 0 aliphatic carbocycles. The second-order valence-corrected chi connectivity index (χ2v) is 3.15. The van der Waals surface area contributed by atoms with Crippen molar-refractivity contribution in [3.8, 4) is 11.5 Å². The molecule has 0 aromatic heterocycles. The van der Waals surface area contributed by atoms with Gasteiger partial charge >= 0.3 is 0 Å². The summed E-state index contributed by atoms with van der Waals surface area (Å²) in [7, 11) is 0. The molecular formula is C11H15NO3. The van der Waals surface area contributed by atoms with E-state index in [0.29, 0.717) is 13.1 Å². The molecule has 2 N–H and O–H groups in total. The number of carbonyl (C=O) groups is 1. The molecule has 0 bridgehead atoms. The fourth-order valence-electron chi connectivity index (χ4n) is 1.42. The Morgan fingerprint density at radius 1 is 1.20 bits per heavy atom. The van der Waals surface area contributed by atoms with Gasteiger partial charge in [0.05, 0.1) is 0 Å². The van der Waals surface area contributed by atoms with Gasteiger partial charge in [-0.25, -0.2) is 0 Å². The van der Waals surface area contributed by atoms with E-state index in [4.69, 9.17) is 0 Å². The van der Waals surface area contributed by atoms with E-state index in [1.54, 1.807) is 0 Å². The molecule has 0 radical (unpaired) electrons. The predicted molar refractivity (Wildman–Crippen MR) is 57.0 cm³/mol. The zero-order chi connectivity index (χ0) is 11.4. The standard InChI is InChI=1S/C11H15NO3/c1-3-12(4-2)11(15)10-8(13)6-5-7-9(10)14/h5-7,13-14H,3-4H2,1-2H3. The monoisotopic (exact) mass is 209 g/mol. The number of nitrogens with zero attached hydrogens (tertiary/aromatic N) is 1. The van der Waals surface area contributed by atoms with Crippen LogP contribution in [0, 0.1) is 0 Å². The maximum absolute atomic E-state index is 11.9. The number of rotatable bonds is 3. The number of benzene rings is 1. The first-order chi connectivity index (χ1) is 7.11. The van der Waals surface area contributed by atoms with Crippen molar-refractivity contribution >= 4 is 5.91 Å². The maximum atomic E-state index is 11.9. The van der Waals surface area contributed by atoms with E-state index < -0.39 is 0 Å². The van der Waals surface area contributed by atoms with Gasteiger partial charge in [-0.3, -0.25) is 4.79 Å². The number of phenolic OH excluding ortho intramolecular Hbond substituents is 2. The fraction of sp³-hybridized carbons (Fsp3) is 0.364. The molecule has 4 nitrogen and oxygen atoms in total. The number of aromatic hydroxyl groups is 2. The van der Waals surface area contributed by atoms with E-state index in [-0.39, 0.29) is 23.0 Å². The van der Waals surface area contributed by atoms with Crippen LogP contribution in [-0.4, -0.2) is 34.1 Å². The molecule has 1 rings (SSSR count). The minimum Gasteiger partial charge on any atom is -0.507 e. The van der Waals surface area contributed by atoms with Gasteiger partial charge in [0.15, 0.2) is 0 Å². The second-order valence-electron chi connectivity index (χ2n) is 3.15. The lowest BCUT2D eigenvalue weighted by molar-refractivity contribution is 0.0767. The molecule has 0 spiro atoms. The van der Waals surface area contributed by atoms with E-state index in [0.717, 1.165) is 0 Å². The molecule has 15 heavy (non-hydrogen) atoms. The van der Waals surface area contributed by atoms with Crippen LogP contribution in [0.2, 0.25) is 0 Å². The van der Waals surface area contributed by atoms with Crippen molar-refractivity contribution in [1.82, 2.24) is 4.90 Å². The average Bonchev–Trinajstić information content (AvgIpc) is 2.19. The molecule has 1 amide bonds. The molecule has 0 saturated carbocycles. The summed E-state index contributed by atoms with van der Waals surface area (Å²) >= 11 is 0. The van der Waals surface area contributed by atoms with Gasteiger partial charge in [-0.2, -0.15) is 0 Å². The van der Waals surface area contributed by atoms with Crippen LogP contribution in [-0.2, 0) is 0 Å². The lowest BCUT2D eigenvalue weighted by Crippen LogP contribution is -2.30. The van der Waals surface area contributed by atoms with Crippen molar-refractivity contribution in [2.24, 2.45) is 0 Å². The van der Waals surface area contributed by atoms with E-state index in [9.17, 15) is 15.0 Å². The Balaban J connectivity index is 3.10. The van der Waals surface area contributed by atoms with E-state index in [2.05, 4.69) is 0 Å². The Morgan fingerprint density at radius 2 is 1.67 bits per heavy atom. The zero-order valence-corrected chi connectivity index (χ0v) is 8.90. The van der Waals surface area contributed by atoms with Crippen LogP contribution in [0.5, 0.6) is 11.5 Å². The number of hydrogen-bond acceptors (Lipinski definition) is 3. The first-order valence-corrected chi connectivity index (χ1v) is 4.92. The Kier molecular flexibility index (Phi) is 3.55. The Hall–Kier alpha value is -1.71. The highest BCUT2D eigenvalue weighted by molar-refractivity contribution is 5.99. The highest BCUT2D eigenvalue weighted by Crippen LogP contribution is 2.27. The van der Waals surface area contributed by atoms with Crippen molar-refractivity contribution in [2.75, 3.05) is 13.1 Å². The average molecular weight is 209 g/mol. The summed E-state index contributed by atoms with van der Waals surface area (Å²) in [5, 5.41) is 19.0. The van der Waals surface area contributed by atoms with Crippen LogP contribution in [0.25, 0.3) is 0 Å². The molecule has 0 aliphatic heterocycles. The van der Waals surface area contributed by atoms with Crippen LogP contribution < -0.4 is 0 Å². The van der Waals surface area contributed by atoms with E-state index >= 15 is 0 Å². The number of phenols is 2. The minimum atomic E-state index is -0.351. The highest BCUT2D eigenvalue weighted by atomic mass is 16.3. The summed E-state index contributed by atoms with van der Waals surface area (Å²) in [6, 6.07) is 4.26. The molecule has 0 heterocycles. The van der Waals surface area contributed by atoms with Gasteiger partial charge in [0, 0.05) is 13.1 Å². The fourth-order valence-corrected chi connectivity index (χ4v) is 1.42. The minimum absolute atomic E-state index is 0.0267. The second kappa shape index (κ2) is 4.68. The van der Waals surface area contributed by atoms with Gasteiger partial charge in [-0.15, -0.1) is 0 Å². The Bertz CT molecular complexity index is 339. The molecule has 0 saturated heterocycles. The lowest BCUT2D eigenvalue weighted by Gasteiger charge is -2.19. The third kappa shape index (κ3) is 2.21. The number of hydrogen-bond donors (Lipinski definition) is 2. The molecule has 0 fully saturated rings. The van der Waals surface area contributed by atoms with Crippen LogP contribution in [0.15, 0.2) is 18.2 Å². The summed E-state index contributed by atoms with van der Waals surface area (Å²) in [4.78, 5) is 13.4. The normalized spacial score (nSPS) is 10.0. The lowest BCUT2D eigenvalue weighted by atomic mass is 10.1. The summed E-state index contributed by atoms with van der Waals surface area (Å²) in [6.07, 6.45) is 0. The molecule has 0 aliphatic rings. The number of carbonyl (C=O) groups excluding carboxylic acids is 1. The summed E-state index contributed by atoms with van der Waals surface area (Å²) in [5.74, 6) is -0.727. The Morgan fingerprint density at radius 3 is 2.07 bits per heavy atom. The molecule has 4 heteroatoms. The largest absolute Gasteiger partial charge is 0.507 e. The molecule has 1 aromatic carbocycles. The van der Waals surface area contributed by atoms with Crippen molar-refractivity contribution in [3.05, 3.63) is 23.8 Å².